The highest BCUT2D eigenvalue weighted by Gasteiger charge is 2.16. The van der Waals surface area contributed by atoms with Crippen LogP contribution in [0.25, 0.3) is 0 Å². The first-order valence-corrected chi connectivity index (χ1v) is 7.36. The van der Waals surface area contributed by atoms with Gasteiger partial charge in [0.25, 0.3) is 0 Å². The van der Waals surface area contributed by atoms with E-state index in [4.69, 9.17) is 0 Å². The Morgan fingerprint density at radius 2 is 2.27 bits per heavy atom. The van der Waals surface area contributed by atoms with E-state index in [-0.39, 0.29) is 4.87 Å². The summed E-state index contributed by atoms with van der Waals surface area (Å²) < 4.78 is 11.1. The van der Waals surface area contributed by atoms with E-state index < -0.39 is 10.8 Å². The second kappa shape index (κ2) is 5.05. The maximum atomic E-state index is 11.1. The lowest BCUT2D eigenvalue weighted by Crippen LogP contribution is -2.35. The van der Waals surface area contributed by atoms with Crippen molar-refractivity contribution in [3.05, 3.63) is 20.7 Å². The van der Waals surface area contributed by atoms with E-state index in [0.29, 0.717) is 12.6 Å². The summed E-state index contributed by atoms with van der Waals surface area (Å²) in [5, 5.41) is 5.22. The first-order chi connectivity index (χ1) is 7.24. The van der Waals surface area contributed by atoms with Crippen LogP contribution in [0, 0.1) is 0 Å². The smallest absolute Gasteiger partial charge is 0.304 e. The fraction of sp³-hybridized carbons (Fsp3) is 0.667. The van der Waals surface area contributed by atoms with Gasteiger partial charge >= 0.3 is 4.87 Å². The van der Waals surface area contributed by atoms with Crippen molar-refractivity contribution in [2.45, 2.75) is 25.4 Å². The molecular formula is C9H14N2O2S2. The van der Waals surface area contributed by atoms with Gasteiger partial charge in [-0.1, -0.05) is 11.3 Å². The third kappa shape index (κ3) is 3.25. The van der Waals surface area contributed by atoms with Crippen molar-refractivity contribution in [3.8, 4) is 0 Å². The van der Waals surface area contributed by atoms with Crippen LogP contribution >= 0.6 is 11.3 Å². The molecule has 0 aliphatic carbocycles. The van der Waals surface area contributed by atoms with Gasteiger partial charge in [0, 0.05) is 46.0 Å². The zero-order chi connectivity index (χ0) is 10.7. The topological polar surface area (TPSA) is 62.0 Å². The fourth-order valence-corrected chi connectivity index (χ4v) is 3.53. The molecule has 1 saturated heterocycles. The summed E-state index contributed by atoms with van der Waals surface area (Å²) in [5.41, 5.74) is 0.941. The number of hydrogen-bond donors (Lipinski definition) is 2. The minimum Gasteiger partial charge on any atom is -0.315 e. The molecule has 0 saturated carbocycles. The Bertz CT molecular complexity index is 389. The first-order valence-electron chi connectivity index (χ1n) is 4.99. The molecule has 0 atom stereocenters. The van der Waals surface area contributed by atoms with Crippen LogP contribution in [-0.4, -0.2) is 26.7 Å². The van der Waals surface area contributed by atoms with Crippen LogP contribution in [0.1, 0.15) is 18.5 Å². The van der Waals surface area contributed by atoms with Gasteiger partial charge in [-0.2, -0.15) is 0 Å². The summed E-state index contributed by atoms with van der Waals surface area (Å²) in [4.78, 5) is 13.6. The van der Waals surface area contributed by atoms with Crippen molar-refractivity contribution in [3.63, 3.8) is 0 Å². The number of aromatic nitrogens is 1. The summed E-state index contributed by atoms with van der Waals surface area (Å²) in [6.07, 6.45) is 1.95. The lowest BCUT2D eigenvalue weighted by atomic mass is 10.1. The average molecular weight is 246 g/mol. The molecule has 84 valence electrons. The monoisotopic (exact) mass is 246 g/mol. The van der Waals surface area contributed by atoms with Gasteiger partial charge < -0.3 is 10.3 Å². The lowest BCUT2D eigenvalue weighted by molar-refractivity contribution is 0.472. The zero-order valence-electron chi connectivity index (χ0n) is 8.32. The number of H-pyrrole nitrogens is 1. The predicted molar refractivity (Wildman–Crippen MR) is 62.7 cm³/mol. The number of rotatable bonds is 3. The van der Waals surface area contributed by atoms with Gasteiger partial charge in [0.15, 0.2) is 0 Å². The van der Waals surface area contributed by atoms with E-state index in [2.05, 4.69) is 10.3 Å². The molecule has 2 N–H and O–H groups in total. The fourth-order valence-electron chi connectivity index (χ4n) is 1.65. The summed E-state index contributed by atoms with van der Waals surface area (Å²) in [6, 6.07) is 0.450. The number of hydrogen-bond acceptors (Lipinski definition) is 4. The maximum Gasteiger partial charge on any atom is 0.304 e. The van der Waals surface area contributed by atoms with E-state index >= 15 is 0 Å². The molecule has 0 radical (unpaired) electrons. The molecule has 6 heteroatoms. The van der Waals surface area contributed by atoms with Gasteiger partial charge in [0.2, 0.25) is 0 Å². The first kappa shape index (κ1) is 11.0. The van der Waals surface area contributed by atoms with Gasteiger partial charge in [0.05, 0.1) is 0 Å². The summed E-state index contributed by atoms with van der Waals surface area (Å²) in [5.74, 6) is 1.61. The van der Waals surface area contributed by atoms with E-state index in [9.17, 15) is 9.00 Å². The molecule has 4 nitrogen and oxygen atoms in total. The van der Waals surface area contributed by atoms with Gasteiger partial charge in [0.1, 0.15) is 0 Å². The Hall–Kier alpha value is -0.460. The third-order valence-electron chi connectivity index (χ3n) is 2.54. The largest absolute Gasteiger partial charge is 0.315 e. The summed E-state index contributed by atoms with van der Waals surface area (Å²) in [7, 11) is -0.601. The van der Waals surface area contributed by atoms with Crippen molar-refractivity contribution in [2.75, 3.05) is 11.5 Å². The number of nitrogens with one attached hydrogen (secondary N) is 2. The highest BCUT2D eigenvalue weighted by atomic mass is 32.2. The minimum absolute atomic E-state index is 0.00320. The van der Waals surface area contributed by atoms with E-state index in [1.807, 2.05) is 5.38 Å². The highest BCUT2D eigenvalue weighted by Crippen LogP contribution is 2.09. The van der Waals surface area contributed by atoms with Crippen LogP contribution in [0.15, 0.2) is 10.2 Å². The molecule has 1 fully saturated rings. The van der Waals surface area contributed by atoms with Crippen LogP contribution in [0.5, 0.6) is 0 Å². The van der Waals surface area contributed by atoms with Crippen LogP contribution in [0.2, 0.25) is 0 Å². The van der Waals surface area contributed by atoms with Gasteiger partial charge in [-0.25, -0.2) is 0 Å². The molecule has 1 aliphatic rings. The molecule has 0 bridgehead atoms. The molecule has 0 spiro atoms. The van der Waals surface area contributed by atoms with Crippen LogP contribution < -0.4 is 10.2 Å². The Labute approximate surface area is 94.6 Å². The number of aromatic amines is 1. The molecule has 2 heterocycles. The molecule has 15 heavy (non-hydrogen) atoms. The van der Waals surface area contributed by atoms with Crippen molar-refractivity contribution < 1.29 is 4.21 Å². The summed E-state index contributed by atoms with van der Waals surface area (Å²) in [6.45, 7) is 0.704. The Kier molecular flexibility index (Phi) is 3.71. The van der Waals surface area contributed by atoms with E-state index in [0.717, 1.165) is 30.0 Å². The summed E-state index contributed by atoms with van der Waals surface area (Å²) >= 11 is 1.19. The van der Waals surface area contributed by atoms with E-state index in [1.54, 1.807) is 0 Å². The molecule has 2 rings (SSSR count). The second-order valence-corrected chi connectivity index (χ2v) is 6.21. The van der Waals surface area contributed by atoms with Crippen molar-refractivity contribution in [1.82, 2.24) is 10.3 Å². The van der Waals surface area contributed by atoms with Crippen LogP contribution in [0.4, 0.5) is 0 Å². The van der Waals surface area contributed by atoms with Gasteiger partial charge in [-0.05, 0) is 12.8 Å². The molecule has 1 aromatic heterocycles. The normalized spacial score (nSPS) is 26.7. The quantitative estimate of drug-likeness (QED) is 0.813. The molecule has 0 unspecified atom stereocenters. The Balaban J connectivity index is 1.78. The average Bonchev–Trinajstić information content (AvgIpc) is 2.64. The molecular weight excluding hydrogens is 232 g/mol. The highest BCUT2D eigenvalue weighted by molar-refractivity contribution is 7.85. The van der Waals surface area contributed by atoms with Crippen molar-refractivity contribution in [2.24, 2.45) is 0 Å². The van der Waals surface area contributed by atoms with Crippen molar-refractivity contribution in [1.29, 1.82) is 0 Å². The van der Waals surface area contributed by atoms with Crippen LogP contribution in [-0.2, 0) is 17.3 Å². The van der Waals surface area contributed by atoms with Crippen LogP contribution in [0.3, 0.4) is 0 Å². The molecule has 0 amide bonds. The van der Waals surface area contributed by atoms with E-state index in [1.165, 1.54) is 11.3 Å². The third-order valence-corrected chi connectivity index (χ3v) is 4.64. The number of thiazole rings is 1. The second-order valence-electron chi connectivity index (χ2n) is 3.68. The molecule has 0 aromatic carbocycles. The SMILES string of the molecule is O=c1[nH]c(CNC2CCS(=O)CC2)cs1. The Morgan fingerprint density at radius 1 is 1.53 bits per heavy atom. The molecule has 1 aromatic rings. The van der Waals surface area contributed by atoms with Crippen molar-refractivity contribution >= 4 is 22.1 Å². The lowest BCUT2D eigenvalue weighted by Gasteiger charge is -2.22. The standard InChI is InChI=1S/C9H14N2O2S2/c12-9-11-8(6-14-9)5-10-7-1-3-15(13)4-2-7/h6-7,10H,1-5H2,(H,11,12). The Morgan fingerprint density at radius 3 is 2.87 bits per heavy atom. The van der Waals surface area contributed by atoms with Gasteiger partial charge in [-0.3, -0.25) is 9.00 Å². The zero-order valence-corrected chi connectivity index (χ0v) is 9.96. The minimum atomic E-state index is -0.601. The molecule has 1 aliphatic heterocycles. The maximum absolute atomic E-state index is 11.1. The predicted octanol–water partition coefficient (Wildman–Crippen LogP) is 0.437. The van der Waals surface area contributed by atoms with Gasteiger partial charge in [-0.15, -0.1) is 0 Å².